The summed E-state index contributed by atoms with van der Waals surface area (Å²) in [5, 5.41) is 9.43. The van der Waals surface area contributed by atoms with Gasteiger partial charge in [-0.3, -0.25) is 0 Å². The number of anilines is 1. The van der Waals surface area contributed by atoms with Crippen LogP contribution in [0.2, 0.25) is 0 Å². The van der Waals surface area contributed by atoms with E-state index in [-0.39, 0.29) is 5.54 Å². The van der Waals surface area contributed by atoms with E-state index in [1.807, 2.05) is 24.0 Å². The summed E-state index contributed by atoms with van der Waals surface area (Å²) in [4.78, 5) is 13.5. The van der Waals surface area contributed by atoms with E-state index in [0.717, 1.165) is 17.9 Å². The lowest BCUT2D eigenvalue weighted by atomic mass is 9.79. The van der Waals surface area contributed by atoms with E-state index in [0.29, 0.717) is 12.5 Å². The number of nitrogens with zero attached hydrogens (tertiary/aromatic N) is 1. The zero-order valence-corrected chi connectivity index (χ0v) is 13.5. The highest BCUT2D eigenvalue weighted by atomic mass is 16.5. The molecule has 0 saturated heterocycles. The number of carboxylic acid groups (broad SMARTS) is 1. The molecule has 1 aromatic rings. The summed E-state index contributed by atoms with van der Waals surface area (Å²) in [5.41, 5.74) is 2.00. The van der Waals surface area contributed by atoms with Crippen molar-refractivity contribution in [2.75, 3.05) is 11.5 Å². The predicted octanol–water partition coefficient (Wildman–Crippen LogP) is 3.65. The molecule has 1 aliphatic rings. The van der Waals surface area contributed by atoms with Crippen LogP contribution in [0.5, 0.6) is 5.75 Å². The number of ether oxygens (including phenoxy) is 1. The van der Waals surface area contributed by atoms with Gasteiger partial charge in [-0.1, -0.05) is 6.92 Å². The van der Waals surface area contributed by atoms with Crippen molar-refractivity contribution in [1.29, 1.82) is 0 Å². The fourth-order valence-corrected chi connectivity index (χ4v) is 3.53. The average Bonchev–Trinajstić information content (AvgIpc) is 2.38. The van der Waals surface area contributed by atoms with Crippen LogP contribution in [0.15, 0.2) is 18.2 Å². The van der Waals surface area contributed by atoms with Gasteiger partial charge >= 0.3 is 5.97 Å². The molecule has 2 atom stereocenters. The van der Waals surface area contributed by atoms with Crippen LogP contribution in [-0.2, 0) is 4.79 Å². The van der Waals surface area contributed by atoms with Gasteiger partial charge in [-0.15, -0.1) is 0 Å². The second kappa shape index (κ2) is 5.58. The molecule has 4 nitrogen and oxygen atoms in total. The molecule has 0 aliphatic carbocycles. The summed E-state index contributed by atoms with van der Waals surface area (Å²) in [7, 11) is 0. The molecular formula is C17H25NO3. The molecule has 116 valence electrons. The normalized spacial score (nSPS) is 21.6. The van der Waals surface area contributed by atoms with Crippen molar-refractivity contribution in [3.63, 3.8) is 0 Å². The SMILES string of the molecule is CCOc1ccc2c(c1)[C@@H](C)CC(C)(C)N2[C@@H](C)C(=O)O. The molecule has 1 N–H and O–H groups in total. The van der Waals surface area contributed by atoms with E-state index in [1.165, 1.54) is 5.56 Å². The van der Waals surface area contributed by atoms with Gasteiger partial charge in [0.2, 0.25) is 0 Å². The van der Waals surface area contributed by atoms with Crippen LogP contribution in [0.1, 0.15) is 52.5 Å². The second-order valence-electron chi connectivity index (χ2n) is 6.46. The lowest BCUT2D eigenvalue weighted by Crippen LogP contribution is -2.55. The fourth-order valence-electron chi connectivity index (χ4n) is 3.53. The Balaban J connectivity index is 2.52. The maximum absolute atomic E-state index is 11.5. The van der Waals surface area contributed by atoms with Crippen LogP contribution >= 0.6 is 0 Å². The van der Waals surface area contributed by atoms with Gasteiger partial charge in [0.15, 0.2) is 0 Å². The van der Waals surface area contributed by atoms with Crippen molar-refractivity contribution in [2.24, 2.45) is 0 Å². The Morgan fingerprint density at radius 1 is 1.52 bits per heavy atom. The number of carbonyl (C=O) groups is 1. The minimum absolute atomic E-state index is 0.183. The third kappa shape index (κ3) is 2.85. The first-order valence-corrected chi connectivity index (χ1v) is 7.56. The number of rotatable bonds is 4. The molecule has 0 aromatic heterocycles. The van der Waals surface area contributed by atoms with Gasteiger partial charge in [-0.25, -0.2) is 4.79 Å². The quantitative estimate of drug-likeness (QED) is 0.920. The summed E-state index contributed by atoms with van der Waals surface area (Å²) < 4.78 is 5.58. The summed E-state index contributed by atoms with van der Waals surface area (Å²) in [5.74, 6) is 0.441. The lowest BCUT2D eigenvalue weighted by molar-refractivity contribution is -0.138. The molecular weight excluding hydrogens is 266 g/mol. The Kier molecular flexibility index (Phi) is 4.17. The molecule has 1 heterocycles. The summed E-state index contributed by atoms with van der Waals surface area (Å²) in [6.45, 7) is 10.8. The van der Waals surface area contributed by atoms with Crippen molar-refractivity contribution in [2.45, 2.75) is 58.5 Å². The topological polar surface area (TPSA) is 49.8 Å². The average molecular weight is 291 g/mol. The van der Waals surface area contributed by atoms with Crippen molar-refractivity contribution < 1.29 is 14.6 Å². The van der Waals surface area contributed by atoms with Gasteiger partial charge in [0, 0.05) is 11.2 Å². The molecule has 1 aromatic carbocycles. The van der Waals surface area contributed by atoms with E-state index in [9.17, 15) is 9.90 Å². The largest absolute Gasteiger partial charge is 0.494 e. The van der Waals surface area contributed by atoms with E-state index >= 15 is 0 Å². The van der Waals surface area contributed by atoms with E-state index in [4.69, 9.17) is 4.74 Å². The van der Waals surface area contributed by atoms with Gasteiger partial charge in [-0.2, -0.15) is 0 Å². The Morgan fingerprint density at radius 3 is 2.76 bits per heavy atom. The lowest BCUT2D eigenvalue weighted by Gasteiger charge is -2.49. The fraction of sp³-hybridized carbons (Fsp3) is 0.588. The van der Waals surface area contributed by atoms with Crippen LogP contribution in [-0.4, -0.2) is 29.3 Å². The number of benzene rings is 1. The van der Waals surface area contributed by atoms with E-state index in [1.54, 1.807) is 6.92 Å². The third-order valence-corrected chi connectivity index (χ3v) is 4.30. The summed E-state index contributed by atoms with van der Waals surface area (Å²) >= 11 is 0. The standard InChI is InChI=1S/C17H25NO3/c1-6-21-13-7-8-15-14(9-13)11(2)10-17(4,5)18(15)12(3)16(19)20/h7-9,11-12H,6,10H2,1-5H3,(H,19,20)/t11-,12-/m0/s1. The monoisotopic (exact) mass is 291 g/mol. The molecule has 0 spiro atoms. The molecule has 0 amide bonds. The Hall–Kier alpha value is -1.71. The molecule has 2 rings (SSSR count). The molecule has 4 heteroatoms. The molecule has 0 saturated carbocycles. The first kappa shape index (κ1) is 15.7. The molecule has 0 bridgehead atoms. The van der Waals surface area contributed by atoms with Crippen LogP contribution in [0.25, 0.3) is 0 Å². The molecule has 21 heavy (non-hydrogen) atoms. The zero-order chi connectivity index (χ0) is 15.8. The van der Waals surface area contributed by atoms with Crippen molar-refractivity contribution in [1.82, 2.24) is 0 Å². The number of hydrogen-bond acceptors (Lipinski definition) is 3. The number of fused-ring (bicyclic) bond motifs is 1. The Labute approximate surface area is 126 Å². The van der Waals surface area contributed by atoms with Gasteiger partial charge < -0.3 is 14.7 Å². The summed E-state index contributed by atoms with van der Waals surface area (Å²) in [6, 6.07) is 5.43. The Bertz CT molecular complexity index is 539. The molecule has 0 fully saturated rings. The zero-order valence-electron chi connectivity index (χ0n) is 13.5. The number of aliphatic carboxylic acids is 1. The number of carboxylic acids is 1. The maximum atomic E-state index is 11.5. The smallest absolute Gasteiger partial charge is 0.326 e. The van der Waals surface area contributed by atoms with E-state index in [2.05, 4.69) is 26.8 Å². The second-order valence-corrected chi connectivity index (χ2v) is 6.46. The summed E-state index contributed by atoms with van der Waals surface area (Å²) in [6.07, 6.45) is 0.924. The molecule has 0 radical (unpaired) electrons. The highest BCUT2D eigenvalue weighted by Crippen LogP contribution is 2.45. The Morgan fingerprint density at radius 2 is 2.19 bits per heavy atom. The van der Waals surface area contributed by atoms with Crippen LogP contribution in [0, 0.1) is 0 Å². The van der Waals surface area contributed by atoms with Crippen LogP contribution in [0.3, 0.4) is 0 Å². The third-order valence-electron chi connectivity index (χ3n) is 4.30. The number of hydrogen-bond donors (Lipinski definition) is 1. The van der Waals surface area contributed by atoms with Gasteiger partial charge in [0.1, 0.15) is 11.8 Å². The highest BCUT2D eigenvalue weighted by Gasteiger charge is 2.40. The first-order valence-electron chi connectivity index (χ1n) is 7.56. The minimum atomic E-state index is -0.794. The first-order chi connectivity index (χ1) is 9.77. The predicted molar refractivity (Wildman–Crippen MR) is 84.3 cm³/mol. The van der Waals surface area contributed by atoms with E-state index < -0.39 is 12.0 Å². The highest BCUT2D eigenvalue weighted by molar-refractivity contribution is 5.79. The van der Waals surface area contributed by atoms with Gasteiger partial charge in [-0.05, 0) is 63.8 Å². The van der Waals surface area contributed by atoms with Crippen molar-refractivity contribution in [3.05, 3.63) is 23.8 Å². The minimum Gasteiger partial charge on any atom is -0.494 e. The van der Waals surface area contributed by atoms with Gasteiger partial charge in [0.25, 0.3) is 0 Å². The van der Waals surface area contributed by atoms with Crippen molar-refractivity contribution in [3.8, 4) is 5.75 Å². The maximum Gasteiger partial charge on any atom is 0.326 e. The molecule has 1 aliphatic heterocycles. The van der Waals surface area contributed by atoms with Crippen molar-refractivity contribution >= 4 is 11.7 Å². The van der Waals surface area contributed by atoms with Gasteiger partial charge in [0.05, 0.1) is 6.61 Å². The molecule has 0 unspecified atom stereocenters. The van der Waals surface area contributed by atoms with Crippen LogP contribution < -0.4 is 9.64 Å². The van der Waals surface area contributed by atoms with Crippen LogP contribution in [0.4, 0.5) is 5.69 Å².